The van der Waals surface area contributed by atoms with E-state index in [4.69, 9.17) is 10.3 Å². The van der Waals surface area contributed by atoms with Gasteiger partial charge in [0.2, 0.25) is 0 Å². The van der Waals surface area contributed by atoms with Crippen LogP contribution in [-0.2, 0) is 0 Å². The number of hydrogen-bond acceptors (Lipinski definition) is 3. The lowest BCUT2D eigenvalue weighted by molar-refractivity contribution is 0.423. The van der Waals surface area contributed by atoms with Crippen molar-refractivity contribution in [1.29, 1.82) is 0 Å². The molecule has 0 radical (unpaired) electrons. The second-order valence-corrected chi connectivity index (χ2v) is 2.93. The number of hydrogen-bond donors (Lipinski definition) is 1. The van der Waals surface area contributed by atoms with Gasteiger partial charge in [-0.05, 0) is 18.1 Å². The Morgan fingerprint density at radius 1 is 1.23 bits per heavy atom. The van der Waals surface area contributed by atoms with Crippen LogP contribution in [0.1, 0.15) is 5.56 Å². The van der Waals surface area contributed by atoms with E-state index < -0.39 is 0 Å². The highest BCUT2D eigenvalue weighted by Gasteiger charge is 2.07. The van der Waals surface area contributed by atoms with Gasteiger partial charge in [0, 0.05) is 0 Å². The van der Waals surface area contributed by atoms with Crippen LogP contribution in [0, 0.1) is 6.92 Å². The molecule has 0 aliphatic carbocycles. The molecule has 0 saturated heterocycles. The SMILES string of the molecule is Cc1ccccc1-c1conc1N. The molecular weight excluding hydrogens is 164 g/mol. The first-order valence-corrected chi connectivity index (χ1v) is 4.05. The first-order chi connectivity index (χ1) is 6.29. The van der Waals surface area contributed by atoms with Crippen LogP contribution in [0.15, 0.2) is 35.1 Å². The van der Waals surface area contributed by atoms with Crippen molar-refractivity contribution < 1.29 is 4.52 Å². The molecule has 66 valence electrons. The average Bonchev–Trinajstić information content (AvgIpc) is 2.52. The van der Waals surface area contributed by atoms with Crippen LogP contribution in [0.2, 0.25) is 0 Å². The monoisotopic (exact) mass is 174 g/mol. The lowest BCUT2D eigenvalue weighted by atomic mass is 10.0. The van der Waals surface area contributed by atoms with E-state index in [2.05, 4.69) is 5.16 Å². The Morgan fingerprint density at radius 3 is 2.62 bits per heavy atom. The van der Waals surface area contributed by atoms with Crippen LogP contribution < -0.4 is 5.73 Å². The zero-order chi connectivity index (χ0) is 9.26. The minimum atomic E-state index is 0.439. The summed E-state index contributed by atoms with van der Waals surface area (Å²) in [5, 5.41) is 3.64. The normalized spacial score (nSPS) is 10.2. The standard InChI is InChI=1S/C10H10N2O/c1-7-4-2-3-5-8(7)9-6-13-12-10(9)11/h2-6H,1H3,(H2,11,12). The second kappa shape index (κ2) is 2.94. The molecule has 0 bridgehead atoms. The van der Waals surface area contributed by atoms with Crippen molar-refractivity contribution in [2.75, 3.05) is 5.73 Å². The van der Waals surface area contributed by atoms with Gasteiger partial charge < -0.3 is 10.3 Å². The minimum absolute atomic E-state index is 0.439. The number of rotatable bonds is 1. The summed E-state index contributed by atoms with van der Waals surface area (Å²) >= 11 is 0. The van der Waals surface area contributed by atoms with E-state index in [-0.39, 0.29) is 0 Å². The third-order valence-electron chi connectivity index (χ3n) is 2.03. The lowest BCUT2D eigenvalue weighted by Crippen LogP contribution is -1.88. The van der Waals surface area contributed by atoms with E-state index in [1.165, 1.54) is 0 Å². The molecule has 3 nitrogen and oxygen atoms in total. The van der Waals surface area contributed by atoms with Gasteiger partial charge in [-0.15, -0.1) is 0 Å². The summed E-state index contributed by atoms with van der Waals surface area (Å²) in [5.74, 6) is 0.439. The van der Waals surface area contributed by atoms with E-state index in [0.717, 1.165) is 16.7 Å². The van der Waals surface area contributed by atoms with Crippen LogP contribution in [0.4, 0.5) is 5.82 Å². The van der Waals surface area contributed by atoms with Crippen LogP contribution in [0.25, 0.3) is 11.1 Å². The molecule has 0 aliphatic rings. The van der Waals surface area contributed by atoms with Gasteiger partial charge in [0.1, 0.15) is 6.26 Å². The van der Waals surface area contributed by atoms with E-state index in [0.29, 0.717) is 5.82 Å². The summed E-state index contributed by atoms with van der Waals surface area (Å²) < 4.78 is 4.78. The topological polar surface area (TPSA) is 52.0 Å². The third-order valence-corrected chi connectivity index (χ3v) is 2.03. The fraction of sp³-hybridized carbons (Fsp3) is 0.100. The molecule has 0 spiro atoms. The zero-order valence-corrected chi connectivity index (χ0v) is 7.32. The van der Waals surface area contributed by atoms with Gasteiger partial charge in [-0.2, -0.15) is 0 Å². The second-order valence-electron chi connectivity index (χ2n) is 2.93. The van der Waals surface area contributed by atoms with Crippen LogP contribution in [-0.4, -0.2) is 5.16 Å². The van der Waals surface area contributed by atoms with Gasteiger partial charge in [0.25, 0.3) is 0 Å². The van der Waals surface area contributed by atoms with Gasteiger partial charge >= 0.3 is 0 Å². The van der Waals surface area contributed by atoms with Crippen molar-refractivity contribution in [3.63, 3.8) is 0 Å². The quantitative estimate of drug-likeness (QED) is 0.721. The Balaban J connectivity index is 2.59. The number of nitrogens with zero attached hydrogens (tertiary/aromatic N) is 1. The Morgan fingerprint density at radius 2 is 2.00 bits per heavy atom. The molecule has 1 aromatic carbocycles. The largest absolute Gasteiger partial charge is 0.380 e. The van der Waals surface area contributed by atoms with E-state index in [9.17, 15) is 0 Å². The average molecular weight is 174 g/mol. The van der Waals surface area contributed by atoms with Crippen molar-refractivity contribution in [3.8, 4) is 11.1 Å². The van der Waals surface area contributed by atoms with E-state index >= 15 is 0 Å². The molecule has 2 N–H and O–H groups in total. The first kappa shape index (κ1) is 7.86. The molecule has 0 aliphatic heterocycles. The van der Waals surface area contributed by atoms with Crippen molar-refractivity contribution >= 4 is 5.82 Å². The zero-order valence-electron chi connectivity index (χ0n) is 7.32. The minimum Gasteiger partial charge on any atom is -0.380 e. The summed E-state index contributed by atoms with van der Waals surface area (Å²) in [5.41, 5.74) is 8.73. The Kier molecular flexibility index (Phi) is 1.77. The van der Waals surface area contributed by atoms with Crippen molar-refractivity contribution in [1.82, 2.24) is 5.16 Å². The summed E-state index contributed by atoms with van der Waals surface area (Å²) in [6.45, 7) is 2.03. The summed E-state index contributed by atoms with van der Waals surface area (Å²) in [7, 11) is 0. The smallest absolute Gasteiger partial charge is 0.174 e. The predicted molar refractivity (Wildman–Crippen MR) is 51.1 cm³/mol. The highest BCUT2D eigenvalue weighted by Crippen LogP contribution is 2.27. The number of aryl methyl sites for hydroxylation is 1. The Hall–Kier alpha value is -1.77. The molecule has 0 amide bonds. The number of anilines is 1. The van der Waals surface area contributed by atoms with Crippen LogP contribution >= 0.6 is 0 Å². The Bertz CT molecular complexity index is 420. The Labute approximate surface area is 76.2 Å². The van der Waals surface area contributed by atoms with Crippen molar-refractivity contribution in [3.05, 3.63) is 36.1 Å². The van der Waals surface area contributed by atoms with Crippen LogP contribution in [0.5, 0.6) is 0 Å². The molecule has 1 aromatic heterocycles. The molecule has 13 heavy (non-hydrogen) atoms. The molecule has 0 atom stereocenters. The molecule has 2 rings (SSSR count). The number of benzene rings is 1. The maximum absolute atomic E-state index is 5.64. The molecule has 0 unspecified atom stereocenters. The van der Waals surface area contributed by atoms with Gasteiger partial charge in [-0.1, -0.05) is 29.4 Å². The highest BCUT2D eigenvalue weighted by atomic mass is 16.5. The molecule has 3 heteroatoms. The predicted octanol–water partition coefficient (Wildman–Crippen LogP) is 2.23. The van der Waals surface area contributed by atoms with E-state index in [1.54, 1.807) is 6.26 Å². The van der Waals surface area contributed by atoms with E-state index in [1.807, 2.05) is 31.2 Å². The molecule has 0 saturated carbocycles. The maximum atomic E-state index is 5.64. The van der Waals surface area contributed by atoms with Crippen LogP contribution in [0.3, 0.4) is 0 Å². The first-order valence-electron chi connectivity index (χ1n) is 4.05. The van der Waals surface area contributed by atoms with Crippen molar-refractivity contribution in [2.24, 2.45) is 0 Å². The summed E-state index contributed by atoms with van der Waals surface area (Å²) in [6.07, 6.45) is 1.57. The fourth-order valence-corrected chi connectivity index (χ4v) is 1.32. The van der Waals surface area contributed by atoms with Gasteiger partial charge in [-0.3, -0.25) is 0 Å². The van der Waals surface area contributed by atoms with Gasteiger partial charge in [-0.25, -0.2) is 0 Å². The summed E-state index contributed by atoms with van der Waals surface area (Å²) in [4.78, 5) is 0. The molecule has 2 aromatic rings. The number of aromatic nitrogens is 1. The highest BCUT2D eigenvalue weighted by molar-refractivity contribution is 5.74. The number of nitrogens with two attached hydrogens (primary N) is 1. The molecule has 1 heterocycles. The molecule has 0 fully saturated rings. The fourth-order valence-electron chi connectivity index (χ4n) is 1.32. The number of nitrogen functional groups attached to an aromatic ring is 1. The maximum Gasteiger partial charge on any atom is 0.174 e. The summed E-state index contributed by atoms with van der Waals surface area (Å²) in [6, 6.07) is 7.98. The molecular formula is C10H10N2O. The van der Waals surface area contributed by atoms with Gasteiger partial charge in [0.15, 0.2) is 5.82 Å². The third kappa shape index (κ3) is 1.28. The van der Waals surface area contributed by atoms with Crippen molar-refractivity contribution in [2.45, 2.75) is 6.92 Å². The van der Waals surface area contributed by atoms with Gasteiger partial charge in [0.05, 0.1) is 5.56 Å². The lowest BCUT2D eigenvalue weighted by Gasteiger charge is -2.01.